The first-order valence-electron chi connectivity index (χ1n) is 10.00. The van der Waals surface area contributed by atoms with Gasteiger partial charge in [0.2, 0.25) is 11.6 Å². The van der Waals surface area contributed by atoms with E-state index >= 15 is 0 Å². The minimum absolute atomic E-state index is 0.0524. The Morgan fingerprint density at radius 3 is 2.38 bits per heavy atom. The van der Waals surface area contributed by atoms with Crippen LogP contribution in [0.15, 0.2) is 64.3 Å². The van der Waals surface area contributed by atoms with E-state index in [1.54, 1.807) is 0 Å². The van der Waals surface area contributed by atoms with Crippen LogP contribution in [0.5, 0.6) is 0 Å². The van der Waals surface area contributed by atoms with Gasteiger partial charge < -0.3 is 5.73 Å². The van der Waals surface area contributed by atoms with Gasteiger partial charge in [0.1, 0.15) is 0 Å². The van der Waals surface area contributed by atoms with Gasteiger partial charge in [-0.1, -0.05) is 73.7 Å². The van der Waals surface area contributed by atoms with E-state index in [1.807, 2.05) is 63.2 Å². The first-order chi connectivity index (χ1) is 15.5. The fourth-order valence-electron chi connectivity index (χ4n) is 3.25. The van der Waals surface area contributed by atoms with Crippen molar-refractivity contribution >= 4 is 17.4 Å². The van der Waals surface area contributed by atoms with Crippen molar-refractivity contribution in [3.63, 3.8) is 0 Å². The summed E-state index contributed by atoms with van der Waals surface area (Å²) >= 11 is 0. The zero-order valence-electron chi connectivity index (χ0n) is 17.9. The quantitative estimate of drug-likeness (QED) is 0.354. The maximum absolute atomic E-state index is 12.8. The Morgan fingerprint density at radius 1 is 1.06 bits per heavy atom. The van der Waals surface area contributed by atoms with E-state index in [2.05, 4.69) is 47.9 Å². The number of rotatable bonds is 6. The Balaban J connectivity index is 1.53. The predicted octanol–water partition coefficient (Wildman–Crippen LogP) is 3.18. The van der Waals surface area contributed by atoms with Gasteiger partial charge in [0, 0.05) is 0 Å². The van der Waals surface area contributed by atoms with Crippen molar-refractivity contribution in [3.05, 3.63) is 71.5 Å². The molecule has 162 valence electrons. The highest BCUT2D eigenvalue weighted by atomic mass is 16.6. The summed E-state index contributed by atoms with van der Waals surface area (Å²) in [4.78, 5) is 12.8. The molecule has 3 N–H and O–H groups in total. The van der Waals surface area contributed by atoms with E-state index in [-0.39, 0.29) is 23.2 Å². The molecule has 1 amide bonds. The largest absolute Gasteiger partial charge is 0.378 e. The maximum atomic E-state index is 12.8. The molecule has 10 nitrogen and oxygen atoms in total. The van der Waals surface area contributed by atoms with E-state index in [9.17, 15) is 4.79 Å². The molecule has 4 aromatic rings. The fourth-order valence-corrected chi connectivity index (χ4v) is 3.25. The van der Waals surface area contributed by atoms with Crippen LogP contribution in [0.25, 0.3) is 16.9 Å². The molecule has 2 aromatic carbocycles. The molecule has 32 heavy (non-hydrogen) atoms. The van der Waals surface area contributed by atoms with Gasteiger partial charge in [-0.3, -0.25) is 4.79 Å². The zero-order chi connectivity index (χ0) is 22.7. The third-order valence-corrected chi connectivity index (χ3v) is 4.90. The first-order valence-corrected chi connectivity index (χ1v) is 10.00. The monoisotopic (exact) mass is 430 g/mol. The average Bonchev–Trinajstić information content (AvgIpc) is 3.44. The van der Waals surface area contributed by atoms with Gasteiger partial charge in [0.05, 0.1) is 11.4 Å². The molecule has 0 fully saturated rings. The molecule has 10 heteroatoms. The SMILES string of the molecule is CC(=NNC(=O)c1nnn(-c2nonc2N)c1C(C)C)c1ccc(-c2ccccc2)cc1. The molecular formula is C22H22N8O2. The lowest BCUT2D eigenvalue weighted by atomic mass is 10.0. The van der Waals surface area contributed by atoms with Gasteiger partial charge in [-0.15, -0.1) is 5.10 Å². The molecule has 0 aliphatic heterocycles. The number of carbonyl (C=O) groups is 1. The second-order valence-electron chi connectivity index (χ2n) is 7.44. The molecular weight excluding hydrogens is 408 g/mol. The minimum Gasteiger partial charge on any atom is -0.378 e. The van der Waals surface area contributed by atoms with Crippen LogP contribution in [-0.2, 0) is 0 Å². The number of amides is 1. The number of nitrogens with one attached hydrogen (secondary N) is 1. The van der Waals surface area contributed by atoms with Crippen molar-refractivity contribution in [1.29, 1.82) is 0 Å². The number of hydrogen-bond acceptors (Lipinski definition) is 8. The van der Waals surface area contributed by atoms with Crippen molar-refractivity contribution < 1.29 is 9.42 Å². The Hall–Kier alpha value is -4.34. The van der Waals surface area contributed by atoms with Crippen LogP contribution in [0.2, 0.25) is 0 Å². The van der Waals surface area contributed by atoms with Crippen LogP contribution < -0.4 is 11.2 Å². The second-order valence-corrected chi connectivity index (χ2v) is 7.44. The van der Waals surface area contributed by atoms with Crippen LogP contribution in [0.1, 0.15) is 48.4 Å². The lowest BCUT2D eigenvalue weighted by Gasteiger charge is -2.08. The molecule has 0 spiro atoms. The van der Waals surface area contributed by atoms with Gasteiger partial charge >= 0.3 is 0 Å². The summed E-state index contributed by atoms with van der Waals surface area (Å²) in [5.74, 6) is -0.359. The molecule has 4 rings (SSSR count). The van der Waals surface area contributed by atoms with E-state index in [4.69, 9.17) is 5.73 Å². The number of aromatic nitrogens is 5. The topological polar surface area (TPSA) is 137 Å². The Morgan fingerprint density at radius 2 is 1.75 bits per heavy atom. The summed E-state index contributed by atoms with van der Waals surface area (Å²) in [6.45, 7) is 5.62. The predicted molar refractivity (Wildman–Crippen MR) is 119 cm³/mol. The van der Waals surface area contributed by atoms with Gasteiger partial charge in [0.25, 0.3) is 5.91 Å². The molecule has 0 saturated carbocycles. The Bertz CT molecular complexity index is 1260. The number of carbonyl (C=O) groups excluding carboxylic acids is 1. The smallest absolute Gasteiger partial charge is 0.293 e. The standard InChI is InChI=1S/C22H22N8O2/c1-13(2)19-18(25-29-30(19)21-20(23)27-32-28-21)22(31)26-24-14(3)15-9-11-17(12-10-15)16-7-5-4-6-8-16/h4-13H,1-3H3,(H2,23,27)(H,26,31). The molecule has 0 unspecified atom stereocenters. The summed E-state index contributed by atoms with van der Waals surface area (Å²) in [5.41, 5.74) is 12.7. The van der Waals surface area contributed by atoms with Crippen LogP contribution >= 0.6 is 0 Å². The third kappa shape index (κ3) is 4.10. The number of hydrogen-bond donors (Lipinski definition) is 2. The highest BCUT2D eigenvalue weighted by Crippen LogP contribution is 2.23. The number of benzene rings is 2. The van der Waals surface area contributed by atoms with Crippen LogP contribution in [0, 0.1) is 0 Å². The van der Waals surface area contributed by atoms with Gasteiger partial charge in [-0.25, -0.2) is 10.1 Å². The first kappa shape index (κ1) is 20.9. The van der Waals surface area contributed by atoms with Crippen LogP contribution in [0.4, 0.5) is 5.82 Å². The Labute approximate surface area is 184 Å². The van der Waals surface area contributed by atoms with E-state index in [0.717, 1.165) is 16.7 Å². The highest BCUT2D eigenvalue weighted by Gasteiger charge is 2.25. The fraction of sp³-hybridized carbons (Fsp3) is 0.182. The van der Waals surface area contributed by atoms with E-state index in [0.29, 0.717) is 11.4 Å². The highest BCUT2D eigenvalue weighted by molar-refractivity contribution is 6.01. The van der Waals surface area contributed by atoms with Crippen molar-refractivity contribution in [3.8, 4) is 16.9 Å². The van der Waals surface area contributed by atoms with E-state index < -0.39 is 5.91 Å². The lowest BCUT2D eigenvalue weighted by Crippen LogP contribution is -2.22. The summed E-state index contributed by atoms with van der Waals surface area (Å²) in [7, 11) is 0. The average molecular weight is 430 g/mol. The molecule has 0 bridgehead atoms. The normalized spacial score (nSPS) is 11.7. The molecule has 0 aliphatic rings. The number of nitrogens with two attached hydrogens (primary N) is 1. The second kappa shape index (κ2) is 8.80. The molecule has 2 aromatic heterocycles. The lowest BCUT2D eigenvalue weighted by molar-refractivity contribution is 0.0948. The van der Waals surface area contributed by atoms with Gasteiger partial charge in [-0.05, 0) is 39.8 Å². The maximum Gasteiger partial charge on any atom is 0.293 e. The minimum atomic E-state index is -0.491. The number of nitrogens with zero attached hydrogens (tertiary/aromatic N) is 6. The third-order valence-electron chi connectivity index (χ3n) is 4.90. The van der Waals surface area contributed by atoms with Crippen LogP contribution in [-0.4, -0.2) is 36.9 Å². The molecule has 0 atom stereocenters. The van der Waals surface area contributed by atoms with Crippen molar-refractivity contribution in [2.24, 2.45) is 5.10 Å². The number of hydrazone groups is 1. The molecule has 0 aliphatic carbocycles. The van der Waals surface area contributed by atoms with Crippen molar-refractivity contribution in [2.75, 3.05) is 5.73 Å². The number of nitrogen functional groups attached to an aromatic ring is 1. The summed E-state index contributed by atoms with van der Waals surface area (Å²) in [5, 5.41) is 19.5. The van der Waals surface area contributed by atoms with Gasteiger partial charge in [-0.2, -0.15) is 9.78 Å². The van der Waals surface area contributed by atoms with Crippen molar-refractivity contribution in [2.45, 2.75) is 26.7 Å². The number of anilines is 1. The van der Waals surface area contributed by atoms with Crippen LogP contribution in [0.3, 0.4) is 0 Å². The zero-order valence-corrected chi connectivity index (χ0v) is 17.9. The molecule has 2 heterocycles. The molecule has 0 saturated heterocycles. The Kier molecular flexibility index (Phi) is 5.75. The van der Waals surface area contributed by atoms with Gasteiger partial charge in [0.15, 0.2) is 5.69 Å². The summed E-state index contributed by atoms with van der Waals surface area (Å²) < 4.78 is 5.98. The molecule has 0 radical (unpaired) electrons. The summed E-state index contributed by atoms with van der Waals surface area (Å²) in [6, 6.07) is 18.1. The van der Waals surface area contributed by atoms with E-state index in [1.165, 1.54) is 4.68 Å². The summed E-state index contributed by atoms with van der Waals surface area (Å²) in [6.07, 6.45) is 0. The van der Waals surface area contributed by atoms with Crippen molar-refractivity contribution in [1.82, 2.24) is 30.7 Å².